The minimum absolute atomic E-state index is 0.0483. The SMILES string of the molecule is Cc1ccc(-n2nnnc2SCC(=O)N2CCN([C@@H]3CCS(=O)(=O)C3)CC2)cc1. The fraction of sp³-hybridized carbons (Fsp3) is 0.556. The van der Waals surface area contributed by atoms with E-state index < -0.39 is 9.84 Å². The van der Waals surface area contributed by atoms with Gasteiger partial charge in [0.2, 0.25) is 11.1 Å². The van der Waals surface area contributed by atoms with Gasteiger partial charge in [-0.2, -0.15) is 4.68 Å². The number of piperazine rings is 1. The van der Waals surface area contributed by atoms with E-state index in [1.807, 2.05) is 36.1 Å². The third kappa shape index (κ3) is 4.78. The Hall–Kier alpha value is -1.98. The minimum Gasteiger partial charge on any atom is -0.339 e. The number of benzene rings is 1. The number of aryl methyl sites for hydroxylation is 1. The van der Waals surface area contributed by atoms with E-state index in [2.05, 4.69) is 20.4 Å². The van der Waals surface area contributed by atoms with Crippen LogP contribution in [0.3, 0.4) is 0 Å². The Bertz CT molecular complexity index is 968. The second-order valence-electron chi connectivity index (χ2n) is 7.47. The van der Waals surface area contributed by atoms with Crippen molar-refractivity contribution in [2.75, 3.05) is 43.4 Å². The smallest absolute Gasteiger partial charge is 0.233 e. The van der Waals surface area contributed by atoms with Crippen LogP contribution >= 0.6 is 11.8 Å². The summed E-state index contributed by atoms with van der Waals surface area (Å²) in [4.78, 5) is 16.7. The van der Waals surface area contributed by atoms with E-state index in [1.54, 1.807) is 4.68 Å². The molecule has 9 nitrogen and oxygen atoms in total. The first-order valence-electron chi connectivity index (χ1n) is 9.62. The van der Waals surface area contributed by atoms with Crippen molar-refractivity contribution in [3.05, 3.63) is 29.8 Å². The molecule has 0 unspecified atom stereocenters. The highest BCUT2D eigenvalue weighted by Gasteiger charge is 2.34. The van der Waals surface area contributed by atoms with E-state index in [0.717, 1.165) is 24.3 Å². The van der Waals surface area contributed by atoms with Gasteiger partial charge in [0.1, 0.15) is 0 Å². The maximum absolute atomic E-state index is 12.6. The molecular weight excluding hydrogens is 412 g/mol. The number of carbonyl (C=O) groups is 1. The Labute approximate surface area is 174 Å². The Morgan fingerprint density at radius 1 is 1.17 bits per heavy atom. The van der Waals surface area contributed by atoms with Crippen molar-refractivity contribution in [3.63, 3.8) is 0 Å². The molecule has 156 valence electrons. The summed E-state index contributed by atoms with van der Waals surface area (Å²) >= 11 is 1.32. The van der Waals surface area contributed by atoms with Gasteiger partial charge in [-0.15, -0.1) is 5.10 Å². The summed E-state index contributed by atoms with van der Waals surface area (Å²) < 4.78 is 25.0. The normalized spacial score (nSPS) is 22.1. The highest BCUT2D eigenvalue weighted by Crippen LogP contribution is 2.21. The average molecular weight is 437 g/mol. The van der Waals surface area contributed by atoms with Gasteiger partial charge in [-0.3, -0.25) is 9.69 Å². The van der Waals surface area contributed by atoms with Crippen molar-refractivity contribution >= 4 is 27.5 Å². The van der Waals surface area contributed by atoms with E-state index in [9.17, 15) is 13.2 Å². The van der Waals surface area contributed by atoms with Gasteiger partial charge in [-0.1, -0.05) is 29.5 Å². The van der Waals surface area contributed by atoms with E-state index in [1.165, 1.54) is 11.8 Å². The number of carbonyl (C=O) groups excluding carboxylic acids is 1. The summed E-state index contributed by atoms with van der Waals surface area (Å²) in [6.07, 6.45) is 0.702. The summed E-state index contributed by atoms with van der Waals surface area (Å²) in [6, 6.07) is 7.97. The molecule has 0 bridgehead atoms. The molecular formula is C18H24N6O3S2. The number of nitrogens with zero attached hydrogens (tertiary/aromatic N) is 6. The summed E-state index contributed by atoms with van der Waals surface area (Å²) in [5.74, 6) is 0.846. The van der Waals surface area contributed by atoms with Crippen molar-refractivity contribution in [2.45, 2.75) is 24.5 Å². The summed E-state index contributed by atoms with van der Waals surface area (Å²) in [5, 5.41) is 12.4. The van der Waals surface area contributed by atoms with E-state index in [4.69, 9.17) is 0 Å². The molecule has 2 aliphatic heterocycles. The number of tetrazole rings is 1. The molecule has 2 saturated heterocycles. The van der Waals surface area contributed by atoms with Gasteiger partial charge in [0.05, 0.1) is 22.9 Å². The Balaban J connectivity index is 1.29. The molecule has 0 radical (unpaired) electrons. The monoisotopic (exact) mass is 436 g/mol. The molecule has 2 aliphatic rings. The van der Waals surface area contributed by atoms with Crippen molar-refractivity contribution in [1.29, 1.82) is 0 Å². The number of amides is 1. The molecule has 3 heterocycles. The summed E-state index contributed by atoms with van der Waals surface area (Å²) in [5.41, 5.74) is 2.01. The predicted octanol–water partition coefficient (Wildman–Crippen LogP) is 0.394. The second kappa shape index (κ2) is 8.41. The Morgan fingerprint density at radius 3 is 2.55 bits per heavy atom. The van der Waals surface area contributed by atoms with Crippen LogP contribution in [-0.2, 0) is 14.6 Å². The molecule has 0 saturated carbocycles. The number of sulfone groups is 1. The van der Waals surface area contributed by atoms with Crippen LogP contribution in [0.1, 0.15) is 12.0 Å². The standard InChI is InChI=1S/C18H24N6O3S2/c1-14-2-4-15(5-3-14)24-18(19-20-21-24)28-12-17(25)23-9-7-22(8-10-23)16-6-11-29(26,27)13-16/h2-5,16H,6-13H2,1H3/t16-/m1/s1. The topological polar surface area (TPSA) is 101 Å². The van der Waals surface area contributed by atoms with Crippen molar-refractivity contribution < 1.29 is 13.2 Å². The van der Waals surface area contributed by atoms with Gasteiger partial charge in [-0.05, 0) is 35.9 Å². The number of hydrogen-bond donors (Lipinski definition) is 0. The van der Waals surface area contributed by atoms with Crippen LogP contribution < -0.4 is 0 Å². The van der Waals surface area contributed by atoms with Gasteiger partial charge < -0.3 is 4.90 Å². The number of thioether (sulfide) groups is 1. The zero-order chi connectivity index (χ0) is 20.4. The third-order valence-corrected chi connectivity index (χ3v) is 8.09. The third-order valence-electron chi connectivity index (χ3n) is 5.44. The molecule has 0 aliphatic carbocycles. The number of hydrogen-bond acceptors (Lipinski definition) is 8. The Morgan fingerprint density at radius 2 is 1.90 bits per heavy atom. The van der Waals surface area contributed by atoms with Crippen molar-refractivity contribution in [2.24, 2.45) is 0 Å². The van der Waals surface area contributed by atoms with Gasteiger partial charge in [0.15, 0.2) is 9.84 Å². The highest BCUT2D eigenvalue weighted by molar-refractivity contribution is 7.99. The summed E-state index contributed by atoms with van der Waals surface area (Å²) in [7, 11) is -2.88. The van der Waals surface area contributed by atoms with E-state index in [0.29, 0.717) is 24.7 Å². The first kappa shape index (κ1) is 20.3. The number of rotatable bonds is 5. The molecule has 1 aromatic heterocycles. The minimum atomic E-state index is -2.88. The van der Waals surface area contributed by atoms with Crippen LogP contribution in [0.15, 0.2) is 29.4 Å². The van der Waals surface area contributed by atoms with Gasteiger partial charge >= 0.3 is 0 Å². The average Bonchev–Trinajstić information content (AvgIpc) is 3.33. The zero-order valence-corrected chi connectivity index (χ0v) is 17.9. The molecule has 1 amide bonds. The molecule has 0 spiro atoms. The Kier molecular flexibility index (Phi) is 5.88. The first-order chi connectivity index (χ1) is 13.9. The first-order valence-corrected chi connectivity index (χ1v) is 12.4. The highest BCUT2D eigenvalue weighted by atomic mass is 32.2. The van der Waals surface area contributed by atoms with Crippen molar-refractivity contribution in [1.82, 2.24) is 30.0 Å². The molecule has 2 fully saturated rings. The lowest BCUT2D eigenvalue weighted by Gasteiger charge is -2.37. The van der Waals surface area contributed by atoms with Crippen LogP contribution in [0.5, 0.6) is 0 Å². The lowest BCUT2D eigenvalue weighted by Crippen LogP contribution is -2.52. The molecule has 2 aromatic rings. The quantitative estimate of drug-likeness (QED) is 0.621. The molecule has 1 aromatic carbocycles. The van der Waals surface area contributed by atoms with Gasteiger partial charge in [0.25, 0.3) is 0 Å². The van der Waals surface area contributed by atoms with Crippen LogP contribution in [-0.4, -0.2) is 93.8 Å². The van der Waals surface area contributed by atoms with Crippen LogP contribution in [0.2, 0.25) is 0 Å². The molecule has 11 heteroatoms. The van der Waals surface area contributed by atoms with Crippen LogP contribution in [0.4, 0.5) is 0 Å². The predicted molar refractivity (Wildman–Crippen MR) is 110 cm³/mol. The van der Waals surface area contributed by atoms with Crippen molar-refractivity contribution in [3.8, 4) is 5.69 Å². The fourth-order valence-electron chi connectivity index (χ4n) is 3.73. The van der Waals surface area contributed by atoms with Crippen LogP contribution in [0.25, 0.3) is 5.69 Å². The second-order valence-corrected chi connectivity index (χ2v) is 10.6. The van der Waals surface area contributed by atoms with Gasteiger partial charge in [-0.25, -0.2) is 8.42 Å². The van der Waals surface area contributed by atoms with E-state index in [-0.39, 0.29) is 29.2 Å². The number of aromatic nitrogens is 4. The van der Waals surface area contributed by atoms with E-state index >= 15 is 0 Å². The fourth-order valence-corrected chi connectivity index (χ4v) is 6.29. The maximum Gasteiger partial charge on any atom is 0.233 e. The molecule has 29 heavy (non-hydrogen) atoms. The van der Waals surface area contributed by atoms with Crippen LogP contribution in [0, 0.1) is 6.92 Å². The molecule has 0 N–H and O–H groups in total. The maximum atomic E-state index is 12.6. The zero-order valence-electron chi connectivity index (χ0n) is 16.3. The molecule has 1 atom stereocenters. The largest absolute Gasteiger partial charge is 0.339 e. The lowest BCUT2D eigenvalue weighted by atomic mass is 10.2. The lowest BCUT2D eigenvalue weighted by molar-refractivity contribution is -0.130. The summed E-state index contributed by atoms with van der Waals surface area (Å²) in [6.45, 7) is 4.70. The molecule has 4 rings (SSSR count). The van der Waals surface area contributed by atoms with Gasteiger partial charge in [0, 0.05) is 32.2 Å².